The third kappa shape index (κ3) is 4.46. The molecule has 1 fully saturated rings. The van der Waals surface area contributed by atoms with Gasteiger partial charge in [-0.3, -0.25) is 14.6 Å². The molecule has 2 unspecified atom stereocenters. The van der Waals surface area contributed by atoms with Crippen LogP contribution in [0.4, 0.5) is 5.69 Å². The molecule has 5 rings (SSSR count). The predicted molar refractivity (Wildman–Crippen MR) is 139 cm³/mol. The Labute approximate surface area is 213 Å². The lowest BCUT2D eigenvalue weighted by Gasteiger charge is -2.34. The van der Waals surface area contributed by atoms with Gasteiger partial charge in [-0.1, -0.05) is 41.4 Å². The SMILES string of the molecule is CC1=C(C(=O)Nc2ccccc2C)C(c2ccc(-c3cc(Cl)ccc3Cl)o2)C2C(=O)CCCC2=N1. The van der Waals surface area contributed by atoms with Crippen LogP contribution in [0.1, 0.15) is 43.4 Å². The van der Waals surface area contributed by atoms with E-state index in [9.17, 15) is 9.59 Å². The van der Waals surface area contributed by atoms with Crippen LogP contribution in [0.25, 0.3) is 11.3 Å². The van der Waals surface area contributed by atoms with Crippen molar-refractivity contribution in [1.82, 2.24) is 0 Å². The largest absolute Gasteiger partial charge is 0.460 e. The van der Waals surface area contributed by atoms with Gasteiger partial charge in [-0.05, 0) is 68.7 Å². The van der Waals surface area contributed by atoms with E-state index in [0.717, 1.165) is 24.1 Å². The minimum absolute atomic E-state index is 0.0763. The first-order valence-electron chi connectivity index (χ1n) is 11.6. The van der Waals surface area contributed by atoms with Crippen molar-refractivity contribution in [1.29, 1.82) is 0 Å². The molecule has 2 atom stereocenters. The molecule has 0 radical (unpaired) electrons. The highest BCUT2D eigenvalue weighted by molar-refractivity contribution is 6.35. The number of carbonyl (C=O) groups excluding carboxylic acids is 2. The Kier molecular flexibility index (Phi) is 6.39. The summed E-state index contributed by atoms with van der Waals surface area (Å²) in [5.41, 5.74) is 4.16. The number of para-hydroxylation sites is 1. The van der Waals surface area contributed by atoms with Gasteiger partial charge in [0.1, 0.15) is 17.3 Å². The highest BCUT2D eigenvalue weighted by Crippen LogP contribution is 2.45. The topological polar surface area (TPSA) is 71.7 Å². The molecule has 0 spiro atoms. The summed E-state index contributed by atoms with van der Waals surface area (Å²) in [5.74, 6) is -0.270. The second-order valence-corrected chi connectivity index (χ2v) is 9.82. The quantitative estimate of drug-likeness (QED) is 0.401. The Morgan fingerprint density at radius 3 is 2.63 bits per heavy atom. The zero-order valence-corrected chi connectivity index (χ0v) is 20.9. The van der Waals surface area contributed by atoms with Gasteiger partial charge in [0.05, 0.1) is 22.4 Å². The summed E-state index contributed by atoms with van der Waals surface area (Å²) in [7, 11) is 0. The van der Waals surface area contributed by atoms with Crippen molar-refractivity contribution in [3.63, 3.8) is 0 Å². The summed E-state index contributed by atoms with van der Waals surface area (Å²) in [6.45, 7) is 3.75. The molecule has 2 aliphatic rings. The van der Waals surface area contributed by atoms with E-state index in [4.69, 9.17) is 32.6 Å². The van der Waals surface area contributed by atoms with E-state index in [1.165, 1.54) is 0 Å². The summed E-state index contributed by atoms with van der Waals surface area (Å²) < 4.78 is 6.28. The number of hydrogen-bond acceptors (Lipinski definition) is 4. The fourth-order valence-corrected chi connectivity index (χ4v) is 5.36. The van der Waals surface area contributed by atoms with Gasteiger partial charge in [-0.25, -0.2) is 0 Å². The maximum Gasteiger partial charge on any atom is 0.254 e. The third-order valence-corrected chi connectivity index (χ3v) is 7.24. The first-order chi connectivity index (χ1) is 16.8. The van der Waals surface area contributed by atoms with E-state index in [0.29, 0.717) is 50.5 Å². The number of Topliss-reactive ketones (excluding diaryl/α,β-unsaturated/α-hetero) is 1. The molecule has 0 saturated heterocycles. The number of amides is 1. The smallest absolute Gasteiger partial charge is 0.254 e. The summed E-state index contributed by atoms with van der Waals surface area (Å²) in [4.78, 5) is 31.5. The van der Waals surface area contributed by atoms with E-state index in [-0.39, 0.29) is 11.7 Å². The van der Waals surface area contributed by atoms with Crippen LogP contribution in [0.15, 0.2) is 75.3 Å². The molecule has 178 valence electrons. The van der Waals surface area contributed by atoms with Crippen molar-refractivity contribution >= 4 is 46.3 Å². The van der Waals surface area contributed by atoms with E-state index in [1.807, 2.05) is 44.2 Å². The monoisotopic (exact) mass is 506 g/mol. The second kappa shape index (κ2) is 9.48. The Bertz CT molecular complexity index is 1400. The average Bonchev–Trinajstić information content (AvgIpc) is 3.31. The van der Waals surface area contributed by atoms with Crippen LogP contribution in [0, 0.1) is 12.8 Å². The second-order valence-electron chi connectivity index (χ2n) is 8.97. The average molecular weight is 507 g/mol. The lowest BCUT2D eigenvalue weighted by molar-refractivity contribution is -0.122. The Morgan fingerprint density at radius 1 is 1.03 bits per heavy atom. The predicted octanol–water partition coefficient (Wildman–Crippen LogP) is 7.38. The number of fused-ring (bicyclic) bond motifs is 1. The molecule has 1 aromatic heterocycles. The van der Waals surface area contributed by atoms with Crippen LogP contribution in [-0.4, -0.2) is 17.4 Å². The highest BCUT2D eigenvalue weighted by Gasteiger charge is 2.44. The summed E-state index contributed by atoms with van der Waals surface area (Å²) in [6.07, 6.45) is 1.95. The molecule has 3 aromatic rings. The number of halogens is 2. The molecule has 35 heavy (non-hydrogen) atoms. The number of aryl methyl sites for hydroxylation is 1. The van der Waals surface area contributed by atoms with Gasteiger partial charge >= 0.3 is 0 Å². The molecule has 1 N–H and O–H groups in total. The molecule has 0 bridgehead atoms. The van der Waals surface area contributed by atoms with Crippen molar-refractivity contribution in [2.45, 2.75) is 39.0 Å². The lowest BCUT2D eigenvalue weighted by Crippen LogP contribution is -2.39. The van der Waals surface area contributed by atoms with E-state index < -0.39 is 11.8 Å². The van der Waals surface area contributed by atoms with Crippen molar-refractivity contribution < 1.29 is 14.0 Å². The molecule has 7 heteroatoms. The molecule has 2 aromatic carbocycles. The first-order valence-corrected chi connectivity index (χ1v) is 12.3. The molecule has 1 amide bonds. The zero-order chi connectivity index (χ0) is 24.7. The van der Waals surface area contributed by atoms with Crippen molar-refractivity contribution in [2.24, 2.45) is 10.9 Å². The lowest BCUT2D eigenvalue weighted by atomic mass is 9.71. The number of carbonyl (C=O) groups is 2. The number of aliphatic imine (C=N–C) groups is 1. The molecular weight excluding hydrogens is 483 g/mol. The van der Waals surface area contributed by atoms with Crippen LogP contribution in [0.5, 0.6) is 0 Å². The highest BCUT2D eigenvalue weighted by atomic mass is 35.5. The Morgan fingerprint density at radius 2 is 1.83 bits per heavy atom. The van der Waals surface area contributed by atoms with Crippen LogP contribution in [-0.2, 0) is 9.59 Å². The van der Waals surface area contributed by atoms with Gasteiger partial charge < -0.3 is 9.73 Å². The van der Waals surface area contributed by atoms with Crippen molar-refractivity contribution in [3.8, 4) is 11.3 Å². The van der Waals surface area contributed by atoms with Gasteiger partial charge in [0.15, 0.2) is 0 Å². The fourth-order valence-electron chi connectivity index (χ4n) is 4.98. The van der Waals surface area contributed by atoms with Crippen LogP contribution >= 0.6 is 23.2 Å². The van der Waals surface area contributed by atoms with Gasteiger partial charge in [-0.2, -0.15) is 0 Å². The number of ketones is 1. The fraction of sp³-hybridized carbons (Fsp3) is 0.250. The molecular formula is C28H24Cl2N2O3. The van der Waals surface area contributed by atoms with Crippen LogP contribution in [0.3, 0.4) is 0 Å². The minimum atomic E-state index is -0.578. The number of benzene rings is 2. The van der Waals surface area contributed by atoms with E-state index in [1.54, 1.807) is 24.3 Å². The Balaban J connectivity index is 1.60. The first kappa shape index (κ1) is 23.6. The summed E-state index contributed by atoms with van der Waals surface area (Å²) in [6, 6.07) is 16.4. The van der Waals surface area contributed by atoms with Crippen LogP contribution in [0.2, 0.25) is 10.0 Å². The number of nitrogens with one attached hydrogen (secondary N) is 1. The number of nitrogens with zero attached hydrogens (tertiary/aromatic N) is 1. The van der Waals surface area contributed by atoms with Crippen molar-refractivity contribution in [2.75, 3.05) is 5.32 Å². The van der Waals surface area contributed by atoms with Crippen LogP contribution < -0.4 is 5.32 Å². The van der Waals surface area contributed by atoms with E-state index in [2.05, 4.69) is 5.32 Å². The number of hydrogen-bond donors (Lipinski definition) is 1. The van der Waals surface area contributed by atoms with Crippen molar-refractivity contribution in [3.05, 3.63) is 87.2 Å². The third-order valence-electron chi connectivity index (χ3n) is 6.67. The normalized spacial score (nSPS) is 19.9. The minimum Gasteiger partial charge on any atom is -0.460 e. The maximum atomic E-state index is 13.6. The zero-order valence-electron chi connectivity index (χ0n) is 19.4. The number of anilines is 1. The summed E-state index contributed by atoms with van der Waals surface area (Å²) in [5, 5.41) is 4.05. The Hall–Kier alpha value is -3.15. The summed E-state index contributed by atoms with van der Waals surface area (Å²) >= 11 is 12.6. The number of furan rings is 1. The molecule has 1 aliphatic carbocycles. The molecule has 2 heterocycles. The number of rotatable bonds is 4. The number of allylic oxidation sites excluding steroid dienone is 1. The van der Waals surface area contributed by atoms with Gasteiger partial charge in [0.2, 0.25) is 0 Å². The molecule has 5 nitrogen and oxygen atoms in total. The standard InChI is InChI=1S/C28H24Cl2N2O3/c1-15-6-3-4-7-20(15)32-28(34)25-16(2)31-21-8-5-9-22(33)26(21)27(25)24-13-12-23(35-24)18-14-17(29)10-11-19(18)30/h3-4,6-7,10-14,26-27H,5,8-9H2,1-2H3,(H,32,34). The van der Waals surface area contributed by atoms with E-state index >= 15 is 0 Å². The molecule has 1 aliphatic heterocycles. The van der Waals surface area contributed by atoms with Gasteiger partial charge in [-0.15, -0.1) is 0 Å². The molecule has 1 saturated carbocycles. The maximum absolute atomic E-state index is 13.6. The van der Waals surface area contributed by atoms with Gasteiger partial charge in [0.25, 0.3) is 5.91 Å². The van der Waals surface area contributed by atoms with Gasteiger partial charge in [0, 0.05) is 34.1 Å².